The summed E-state index contributed by atoms with van der Waals surface area (Å²) in [6, 6.07) is 19.5. The maximum absolute atomic E-state index is 12.8. The summed E-state index contributed by atoms with van der Waals surface area (Å²) in [5.74, 6) is 0.685. The van der Waals surface area contributed by atoms with Crippen molar-refractivity contribution >= 4 is 29.8 Å². The summed E-state index contributed by atoms with van der Waals surface area (Å²) in [6.45, 7) is 0.407. The Balaban J connectivity index is 0.00000408. The molecule has 0 aliphatic carbocycles. The number of hydrogen-bond donors (Lipinski definition) is 3. The Morgan fingerprint density at radius 3 is 1.91 bits per heavy atom. The van der Waals surface area contributed by atoms with E-state index in [0.29, 0.717) is 34.9 Å². The van der Waals surface area contributed by atoms with Crippen LogP contribution < -0.4 is 30.6 Å². The van der Waals surface area contributed by atoms with Crippen LogP contribution in [0.4, 0.5) is 5.69 Å². The quantitative estimate of drug-likeness (QED) is 0.298. The highest BCUT2D eigenvalue weighted by atomic mass is 35.5. The van der Waals surface area contributed by atoms with E-state index in [1.54, 1.807) is 24.3 Å². The number of halogens is 1. The fourth-order valence-corrected chi connectivity index (χ4v) is 3.70. The molecule has 1 unspecified atom stereocenters. The number of carbonyl (C=O) groups excluding carboxylic acids is 1. The molecule has 1 atom stereocenters. The Kier molecular flexibility index (Phi) is 9.15. The number of amides is 1. The van der Waals surface area contributed by atoms with Crippen LogP contribution in [0, 0.1) is 5.41 Å². The molecular weight excluding hydrogens is 456 g/mol. The highest BCUT2D eigenvalue weighted by Gasteiger charge is 2.29. The molecule has 0 aromatic heterocycles. The third kappa shape index (κ3) is 5.71. The van der Waals surface area contributed by atoms with Gasteiger partial charge in [0.05, 0.1) is 21.3 Å². The predicted molar refractivity (Wildman–Crippen MR) is 135 cm³/mol. The summed E-state index contributed by atoms with van der Waals surface area (Å²) in [5.41, 5.74) is 14.5. The van der Waals surface area contributed by atoms with Crippen LogP contribution in [0.15, 0.2) is 66.7 Å². The number of hydrogen-bond acceptors (Lipinski definition) is 6. The summed E-state index contributed by atoms with van der Waals surface area (Å²) in [4.78, 5) is 14.7. The summed E-state index contributed by atoms with van der Waals surface area (Å²) in [7, 11) is 4.55. The number of rotatable bonds is 10. The van der Waals surface area contributed by atoms with Gasteiger partial charge in [-0.1, -0.05) is 30.3 Å². The molecule has 0 aliphatic rings. The second-order valence-electron chi connectivity index (χ2n) is 7.34. The van der Waals surface area contributed by atoms with Crippen molar-refractivity contribution in [3.05, 3.63) is 83.4 Å². The topological polar surface area (TPSA) is 124 Å². The van der Waals surface area contributed by atoms with Crippen molar-refractivity contribution in [2.75, 3.05) is 26.2 Å². The Morgan fingerprint density at radius 1 is 0.912 bits per heavy atom. The van der Waals surface area contributed by atoms with Crippen LogP contribution in [0.2, 0.25) is 0 Å². The minimum atomic E-state index is -0.845. The Labute approximate surface area is 205 Å². The molecule has 8 nitrogen and oxygen atoms in total. The predicted octanol–water partition coefficient (Wildman–Crippen LogP) is 3.65. The average molecular weight is 485 g/mol. The molecule has 3 aromatic rings. The van der Waals surface area contributed by atoms with Gasteiger partial charge in [-0.25, -0.2) is 0 Å². The normalized spacial score (nSPS) is 11.0. The van der Waals surface area contributed by atoms with Crippen LogP contribution in [-0.4, -0.2) is 33.1 Å². The highest BCUT2D eigenvalue weighted by Crippen LogP contribution is 2.41. The molecule has 0 saturated carbocycles. The van der Waals surface area contributed by atoms with E-state index in [0.717, 1.165) is 11.3 Å². The molecule has 0 fully saturated rings. The molecule has 9 heteroatoms. The first-order valence-electron chi connectivity index (χ1n) is 10.2. The smallest absolute Gasteiger partial charge is 0.244 e. The molecule has 0 aliphatic heterocycles. The van der Waals surface area contributed by atoms with E-state index in [1.807, 2.05) is 47.4 Å². The maximum atomic E-state index is 12.8. The maximum Gasteiger partial charge on any atom is 0.244 e. The van der Waals surface area contributed by atoms with E-state index in [9.17, 15) is 4.79 Å². The lowest BCUT2D eigenvalue weighted by Crippen LogP contribution is -2.37. The van der Waals surface area contributed by atoms with Gasteiger partial charge in [-0.05, 0) is 47.5 Å². The van der Waals surface area contributed by atoms with Crippen molar-refractivity contribution < 1.29 is 19.0 Å². The molecule has 5 N–H and O–H groups in total. The molecule has 0 spiro atoms. The lowest BCUT2D eigenvalue weighted by Gasteiger charge is -2.33. The van der Waals surface area contributed by atoms with E-state index >= 15 is 0 Å². The molecule has 34 heavy (non-hydrogen) atoms. The fourth-order valence-electron chi connectivity index (χ4n) is 3.70. The summed E-state index contributed by atoms with van der Waals surface area (Å²) in [5, 5.41) is 7.66. The number of nitrogens with zero attached hydrogens (tertiary/aromatic N) is 1. The van der Waals surface area contributed by atoms with Crippen molar-refractivity contribution in [1.82, 2.24) is 0 Å². The minimum absolute atomic E-state index is 0. The first-order chi connectivity index (χ1) is 15.9. The monoisotopic (exact) mass is 484 g/mol. The van der Waals surface area contributed by atoms with Gasteiger partial charge in [0.1, 0.15) is 11.9 Å². The number of amidine groups is 1. The lowest BCUT2D eigenvalue weighted by atomic mass is 10.0. The van der Waals surface area contributed by atoms with E-state index in [2.05, 4.69) is 0 Å². The van der Waals surface area contributed by atoms with Gasteiger partial charge in [0.25, 0.3) is 0 Å². The number of carbonyl (C=O) groups is 1. The zero-order chi connectivity index (χ0) is 24.0. The number of ether oxygens (including phenoxy) is 3. The first-order valence-corrected chi connectivity index (χ1v) is 10.2. The van der Waals surface area contributed by atoms with Gasteiger partial charge in [-0.2, -0.15) is 0 Å². The van der Waals surface area contributed by atoms with Crippen molar-refractivity contribution in [3.63, 3.8) is 0 Å². The van der Waals surface area contributed by atoms with Gasteiger partial charge < -0.3 is 30.6 Å². The lowest BCUT2D eigenvalue weighted by molar-refractivity contribution is -0.119. The standard InChI is InChI=1S/C25H28N4O4.ClH/c1-31-20-13-18(14-21(32-2)23(20)33-3)22(25(28)30)29(15-16-7-5-4-6-8-16)19-11-9-17(10-12-19)24(26)27;/h4-14,22H,15H2,1-3H3,(H3,26,27)(H2,28,30);1H. The largest absolute Gasteiger partial charge is 0.493 e. The van der Waals surface area contributed by atoms with Crippen LogP contribution in [0.25, 0.3) is 0 Å². The van der Waals surface area contributed by atoms with Gasteiger partial charge in [-0.3, -0.25) is 10.2 Å². The van der Waals surface area contributed by atoms with E-state index < -0.39 is 11.9 Å². The molecule has 3 aromatic carbocycles. The Bertz CT molecular complexity index is 1100. The number of primary amides is 1. The van der Waals surface area contributed by atoms with Crippen LogP contribution >= 0.6 is 12.4 Å². The summed E-state index contributed by atoms with van der Waals surface area (Å²) < 4.78 is 16.4. The van der Waals surface area contributed by atoms with Crippen molar-refractivity contribution in [3.8, 4) is 17.2 Å². The molecule has 3 rings (SSSR count). The van der Waals surface area contributed by atoms with E-state index in [1.165, 1.54) is 21.3 Å². The van der Waals surface area contributed by atoms with Crippen molar-refractivity contribution in [1.29, 1.82) is 5.41 Å². The van der Waals surface area contributed by atoms with Gasteiger partial charge in [0.2, 0.25) is 11.7 Å². The van der Waals surface area contributed by atoms with Gasteiger partial charge in [0, 0.05) is 17.8 Å². The minimum Gasteiger partial charge on any atom is -0.493 e. The second kappa shape index (κ2) is 11.8. The third-order valence-corrected chi connectivity index (χ3v) is 5.29. The van der Waals surface area contributed by atoms with E-state index in [-0.39, 0.29) is 18.2 Å². The number of nitrogens with one attached hydrogen (secondary N) is 1. The van der Waals surface area contributed by atoms with Crippen LogP contribution in [-0.2, 0) is 11.3 Å². The zero-order valence-corrected chi connectivity index (χ0v) is 20.1. The SMILES string of the molecule is COc1cc(C(C(N)=O)N(Cc2ccccc2)c2ccc(C(=N)N)cc2)cc(OC)c1OC.Cl. The number of methoxy groups -OCH3 is 3. The third-order valence-electron chi connectivity index (χ3n) is 5.29. The number of benzene rings is 3. The van der Waals surface area contributed by atoms with E-state index in [4.69, 9.17) is 31.1 Å². The molecule has 0 radical (unpaired) electrons. The van der Waals surface area contributed by atoms with Crippen LogP contribution in [0.1, 0.15) is 22.7 Å². The number of nitrogens with two attached hydrogens (primary N) is 2. The average Bonchev–Trinajstić information content (AvgIpc) is 2.83. The molecule has 180 valence electrons. The van der Waals surface area contributed by atoms with Gasteiger partial charge in [-0.15, -0.1) is 12.4 Å². The summed E-state index contributed by atoms with van der Waals surface area (Å²) in [6.07, 6.45) is 0. The Morgan fingerprint density at radius 2 is 1.47 bits per heavy atom. The molecule has 1 amide bonds. The van der Waals surface area contributed by atoms with Crippen LogP contribution in [0.3, 0.4) is 0 Å². The summed E-state index contributed by atoms with van der Waals surface area (Å²) >= 11 is 0. The fraction of sp³-hybridized carbons (Fsp3) is 0.200. The second-order valence-corrected chi connectivity index (χ2v) is 7.34. The van der Waals surface area contributed by atoms with Crippen molar-refractivity contribution in [2.24, 2.45) is 11.5 Å². The Hall–Kier alpha value is -3.91. The number of nitrogen functional groups attached to an aromatic ring is 1. The zero-order valence-electron chi connectivity index (χ0n) is 19.3. The number of anilines is 1. The van der Waals surface area contributed by atoms with Gasteiger partial charge in [0.15, 0.2) is 11.5 Å². The molecule has 0 heterocycles. The first kappa shape index (κ1) is 26.3. The highest BCUT2D eigenvalue weighted by molar-refractivity contribution is 5.95. The van der Waals surface area contributed by atoms with Crippen molar-refractivity contribution in [2.45, 2.75) is 12.6 Å². The van der Waals surface area contributed by atoms with Gasteiger partial charge >= 0.3 is 0 Å². The molecule has 0 saturated heterocycles. The van der Waals surface area contributed by atoms with Crippen LogP contribution in [0.5, 0.6) is 17.2 Å². The molecule has 0 bridgehead atoms. The molecular formula is C25H29ClN4O4.